The van der Waals surface area contributed by atoms with E-state index in [9.17, 15) is 0 Å². The fraction of sp³-hybridized carbons (Fsp3) is 0.500. The molecule has 1 aliphatic rings. The molecule has 5 heteroatoms. The van der Waals surface area contributed by atoms with Crippen molar-refractivity contribution in [3.63, 3.8) is 0 Å². The van der Waals surface area contributed by atoms with Gasteiger partial charge in [0.25, 0.3) is 0 Å². The van der Waals surface area contributed by atoms with Crippen LogP contribution in [-0.4, -0.2) is 42.1 Å². The largest absolute Gasteiger partial charge is 0.366 e. The van der Waals surface area contributed by atoms with Gasteiger partial charge in [-0.05, 0) is 52.4 Å². The molecule has 2 aromatic rings. The zero-order chi connectivity index (χ0) is 17.6. The molecule has 1 fully saturated rings. The molecule has 0 saturated heterocycles. The highest BCUT2D eigenvalue weighted by Crippen LogP contribution is 2.39. The summed E-state index contributed by atoms with van der Waals surface area (Å²) >= 11 is 0. The predicted molar refractivity (Wildman–Crippen MR) is 104 cm³/mol. The molecule has 0 atom stereocenters. The molecule has 0 aliphatic heterocycles. The Morgan fingerprint density at radius 2 is 1.96 bits per heavy atom. The molecule has 1 aromatic heterocycles. The van der Waals surface area contributed by atoms with Crippen LogP contribution in [0.4, 0.5) is 11.8 Å². The van der Waals surface area contributed by atoms with E-state index in [0.29, 0.717) is 5.92 Å². The summed E-state index contributed by atoms with van der Waals surface area (Å²) in [6.45, 7) is 4.86. The van der Waals surface area contributed by atoms with Crippen molar-refractivity contribution in [3.8, 4) is 0 Å². The summed E-state index contributed by atoms with van der Waals surface area (Å²) in [5.74, 6) is 2.27. The van der Waals surface area contributed by atoms with E-state index >= 15 is 0 Å². The number of aromatic nitrogens is 2. The van der Waals surface area contributed by atoms with Gasteiger partial charge in [-0.15, -0.1) is 0 Å². The molecule has 0 bridgehead atoms. The third kappa shape index (κ3) is 5.71. The van der Waals surface area contributed by atoms with E-state index in [2.05, 4.69) is 71.9 Å². The summed E-state index contributed by atoms with van der Waals surface area (Å²) in [5, 5.41) is 6.84. The van der Waals surface area contributed by atoms with Crippen LogP contribution in [0.5, 0.6) is 0 Å². The maximum Gasteiger partial charge on any atom is 0.224 e. The maximum atomic E-state index is 4.71. The monoisotopic (exact) mass is 339 g/mol. The third-order valence-corrected chi connectivity index (χ3v) is 4.36. The summed E-state index contributed by atoms with van der Waals surface area (Å²) in [7, 11) is 4.19. The second-order valence-corrected chi connectivity index (χ2v) is 7.20. The fourth-order valence-corrected chi connectivity index (χ4v) is 2.83. The summed E-state index contributed by atoms with van der Waals surface area (Å²) in [6.07, 6.45) is 3.57. The molecule has 2 N–H and O–H groups in total. The van der Waals surface area contributed by atoms with Gasteiger partial charge in [0, 0.05) is 25.1 Å². The highest BCUT2D eigenvalue weighted by atomic mass is 15.1. The molecule has 1 aliphatic carbocycles. The van der Waals surface area contributed by atoms with Gasteiger partial charge >= 0.3 is 0 Å². The lowest BCUT2D eigenvalue weighted by atomic mass is 10.1. The minimum Gasteiger partial charge on any atom is -0.366 e. The summed E-state index contributed by atoms with van der Waals surface area (Å²) in [5.41, 5.74) is 3.72. The normalized spacial score (nSPS) is 13.9. The van der Waals surface area contributed by atoms with Gasteiger partial charge in [-0.25, -0.2) is 4.98 Å². The first-order valence-corrected chi connectivity index (χ1v) is 9.17. The van der Waals surface area contributed by atoms with Crippen LogP contribution in [0.25, 0.3) is 0 Å². The van der Waals surface area contributed by atoms with Gasteiger partial charge in [0.2, 0.25) is 5.95 Å². The van der Waals surface area contributed by atoms with E-state index in [1.165, 1.54) is 24.0 Å². The fourth-order valence-electron chi connectivity index (χ4n) is 2.83. The number of rotatable bonds is 9. The lowest BCUT2D eigenvalue weighted by molar-refractivity contribution is 0.405. The highest BCUT2D eigenvalue weighted by Gasteiger charge is 2.26. The van der Waals surface area contributed by atoms with Gasteiger partial charge in [-0.2, -0.15) is 4.98 Å². The summed E-state index contributed by atoms with van der Waals surface area (Å²) in [6, 6.07) is 10.7. The van der Waals surface area contributed by atoms with E-state index in [1.807, 2.05) is 0 Å². The Kier molecular flexibility index (Phi) is 5.87. The SMILES string of the molecule is Cc1cccc(CNc2cc(C3CC3)nc(NCCCN(C)C)n2)c1. The van der Waals surface area contributed by atoms with Gasteiger partial charge in [0.05, 0.1) is 5.69 Å². The Hall–Kier alpha value is -2.14. The number of nitrogens with one attached hydrogen (secondary N) is 2. The van der Waals surface area contributed by atoms with Crippen molar-refractivity contribution in [1.29, 1.82) is 0 Å². The van der Waals surface area contributed by atoms with Crippen molar-refractivity contribution < 1.29 is 0 Å². The standard InChI is InChI=1S/C20H29N5/c1-15-6-4-7-16(12-15)14-22-19-13-18(17-8-9-17)23-20(24-19)21-10-5-11-25(2)3/h4,6-7,12-13,17H,5,8-11,14H2,1-3H3,(H2,21,22,23,24). The summed E-state index contributed by atoms with van der Waals surface area (Å²) < 4.78 is 0. The van der Waals surface area contributed by atoms with Crippen LogP contribution in [-0.2, 0) is 6.54 Å². The second-order valence-electron chi connectivity index (χ2n) is 7.20. The van der Waals surface area contributed by atoms with E-state index in [-0.39, 0.29) is 0 Å². The first kappa shape index (κ1) is 17.7. The van der Waals surface area contributed by atoms with Gasteiger partial charge in [0.1, 0.15) is 5.82 Å². The molecule has 1 heterocycles. The van der Waals surface area contributed by atoms with Crippen molar-refractivity contribution in [3.05, 3.63) is 47.2 Å². The lowest BCUT2D eigenvalue weighted by Crippen LogP contribution is -2.17. The number of nitrogens with zero attached hydrogens (tertiary/aromatic N) is 3. The molecule has 25 heavy (non-hydrogen) atoms. The average Bonchev–Trinajstić information content (AvgIpc) is 3.42. The van der Waals surface area contributed by atoms with Crippen LogP contribution in [0.1, 0.15) is 42.0 Å². The van der Waals surface area contributed by atoms with Crippen molar-refractivity contribution >= 4 is 11.8 Å². The van der Waals surface area contributed by atoms with Gasteiger partial charge in [-0.3, -0.25) is 0 Å². The van der Waals surface area contributed by atoms with Crippen LogP contribution < -0.4 is 10.6 Å². The smallest absolute Gasteiger partial charge is 0.224 e. The number of benzene rings is 1. The second kappa shape index (κ2) is 8.30. The molecule has 1 saturated carbocycles. The molecule has 0 unspecified atom stereocenters. The molecule has 0 spiro atoms. The number of anilines is 2. The predicted octanol–water partition coefficient (Wildman–Crippen LogP) is 3.64. The van der Waals surface area contributed by atoms with E-state index in [4.69, 9.17) is 4.98 Å². The molecule has 1 aromatic carbocycles. The number of hydrogen-bond donors (Lipinski definition) is 2. The van der Waals surface area contributed by atoms with Crippen LogP contribution in [0.15, 0.2) is 30.3 Å². The molecular weight excluding hydrogens is 310 g/mol. The number of hydrogen-bond acceptors (Lipinski definition) is 5. The van der Waals surface area contributed by atoms with Crippen LogP contribution >= 0.6 is 0 Å². The van der Waals surface area contributed by atoms with Crippen LogP contribution in [0.3, 0.4) is 0 Å². The Bertz CT molecular complexity index is 694. The highest BCUT2D eigenvalue weighted by molar-refractivity contribution is 5.44. The quantitative estimate of drug-likeness (QED) is 0.683. The van der Waals surface area contributed by atoms with Crippen molar-refractivity contribution in [2.75, 3.05) is 37.8 Å². The topological polar surface area (TPSA) is 53.1 Å². The average molecular weight is 339 g/mol. The molecule has 3 rings (SSSR count). The number of aryl methyl sites for hydroxylation is 1. The Balaban J connectivity index is 1.63. The summed E-state index contributed by atoms with van der Waals surface area (Å²) in [4.78, 5) is 11.5. The van der Waals surface area contributed by atoms with Crippen molar-refractivity contribution in [2.45, 2.75) is 38.6 Å². The molecule has 0 amide bonds. The zero-order valence-electron chi connectivity index (χ0n) is 15.5. The zero-order valence-corrected chi connectivity index (χ0v) is 15.5. The van der Waals surface area contributed by atoms with E-state index in [1.54, 1.807) is 0 Å². The minimum absolute atomic E-state index is 0.616. The van der Waals surface area contributed by atoms with Crippen molar-refractivity contribution in [2.24, 2.45) is 0 Å². The first-order chi connectivity index (χ1) is 12.1. The van der Waals surface area contributed by atoms with Gasteiger partial charge in [0.15, 0.2) is 0 Å². The third-order valence-electron chi connectivity index (χ3n) is 4.36. The lowest BCUT2D eigenvalue weighted by Gasteiger charge is -2.12. The van der Waals surface area contributed by atoms with Crippen molar-refractivity contribution in [1.82, 2.24) is 14.9 Å². The van der Waals surface area contributed by atoms with E-state index in [0.717, 1.165) is 43.5 Å². The van der Waals surface area contributed by atoms with Gasteiger partial charge in [-0.1, -0.05) is 29.8 Å². The van der Waals surface area contributed by atoms with Crippen LogP contribution in [0.2, 0.25) is 0 Å². The Morgan fingerprint density at radius 1 is 1.12 bits per heavy atom. The molecular formula is C20H29N5. The molecule has 5 nitrogen and oxygen atoms in total. The van der Waals surface area contributed by atoms with E-state index < -0.39 is 0 Å². The first-order valence-electron chi connectivity index (χ1n) is 9.17. The maximum absolute atomic E-state index is 4.71. The van der Waals surface area contributed by atoms with Crippen LogP contribution in [0, 0.1) is 6.92 Å². The van der Waals surface area contributed by atoms with Gasteiger partial charge < -0.3 is 15.5 Å². The minimum atomic E-state index is 0.616. The Labute approximate surface area is 150 Å². The Morgan fingerprint density at radius 3 is 2.68 bits per heavy atom. The molecule has 0 radical (unpaired) electrons. The molecule has 134 valence electrons.